The summed E-state index contributed by atoms with van der Waals surface area (Å²) in [5.74, 6) is -1.17. The van der Waals surface area contributed by atoms with Crippen LogP contribution in [0.15, 0.2) is 36.4 Å². The molecule has 0 fully saturated rings. The molecule has 0 bridgehead atoms. The summed E-state index contributed by atoms with van der Waals surface area (Å²) in [5, 5.41) is 2.79. The lowest BCUT2D eigenvalue weighted by Gasteiger charge is -2.11. The summed E-state index contributed by atoms with van der Waals surface area (Å²) in [6, 6.07) is 9.72. The Kier molecular flexibility index (Phi) is 3.86. The van der Waals surface area contributed by atoms with Gasteiger partial charge in [0.2, 0.25) is 0 Å². The molecule has 0 aliphatic heterocycles. The van der Waals surface area contributed by atoms with Crippen molar-refractivity contribution in [2.75, 3.05) is 5.32 Å². The van der Waals surface area contributed by atoms with Crippen molar-refractivity contribution in [1.82, 2.24) is 0 Å². The van der Waals surface area contributed by atoms with Crippen LogP contribution in [0.4, 0.5) is 10.1 Å². The third kappa shape index (κ3) is 2.76. The second-order valence-corrected chi connectivity index (χ2v) is 4.71. The van der Waals surface area contributed by atoms with Crippen molar-refractivity contribution in [3.63, 3.8) is 0 Å². The molecule has 0 heterocycles. The minimum Gasteiger partial charge on any atom is -0.322 e. The Labute approximate surface area is 116 Å². The van der Waals surface area contributed by atoms with Gasteiger partial charge in [-0.05, 0) is 43.2 Å². The number of carbonyl (C=O) groups is 1. The van der Waals surface area contributed by atoms with E-state index >= 15 is 0 Å². The monoisotopic (exact) mass is 277 g/mol. The van der Waals surface area contributed by atoms with Crippen LogP contribution in [0.25, 0.3) is 0 Å². The zero-order chi connectivity index (χ0) is 14.0. The maximum absolute atomic E-state index is 13.6. The Morgan fingerprint density at radius 1 is 1.16 bits per heavy atom. The van der Waals surface area contributed by atoms with Gasteiger partial charge >= 0.3 is 0 Å². The van der Waals surface area contributed by atoms with Crippen molar-refractivity contribution in [1.29, 1.82) is 0 Å². The Morgan fingerprint density at radius 2 is 1.84 bits per heavy atom. The van der Waals surface area contributed by atoms with Crippen molar-refractivity contribution >= 4 is 23.2 Å². The average Bonchev–Trinajstić information content (AvgIpc) is 2.35. The summed E-state index contributed by atoms with van der Waals surface area (Å²) in [6.07, 6.45) is 0. The lowest BCUT2D eigenvalue weighted by molar-refractivity contribution is 0.102. The summed E-state index contributed by atoms with van der Waals surface area (Å²) >= 11 is 5.86. The minimum atomic E-state index is -0.629. The van der Waals surface area contributed by atoms with Crippen molar-refractivity contribution < 1.29 is 9.18 Å². The lowest BCUT2D eigenvalue weighted by Crippen LogP contribution is -2.15. The van der Waals surface area contributed by atoms with Gasteiger partial charge in [-0.1, -0.05) is 29.8 Å². The number of aryl methyl sites for hydroxylation is 1. The molecule has 0 atom stereocenters. The molecule has 0 aliphatic rings. The van der Waals surface area contributed by atoms with Crippen LogP contribution in [0.2, 0.25) is 5.02 Å². The number of nitrogens with one attached hydrogen (secondary N) is 1. The molecule has 2 aromatic rings. The van der Waals surface area contributed by atoms with Crippen LogP contribution >= 0.6 is 11.6 Å². The largest absolute Gasteiger partial charge is 0.322 e. The van der Waals surface area contributed by atoms with Crippen LogP contribution in [0.5, 0.6) is 0 Å². The van der Waals surface area contributed by atoms with E-state index in [1.54, 1.807) is 6.07 Å². The number of anilines is 1. The topological polar surface area (TPSA) is 29.1 Å². The molecule has 2 nitrogen and oxygen atoms in total. The Morgan fingerprint density at radius 3 is 2.53 bits per heavy atom. The third-order valence-electron chi connectivity index (χ3n) is 3.04. The second-order valence-electron chi connectivity index (χ2n) is 4.30. The highest BCUT2D eigenvalue weighted by atomic mass is 35.5. The van der Waals surface area contributed by atoms with E-state index in [0.717, 1.165) is 11.1 Å². The van der Waals surface area contributed by atoms with Crippen LogP contribution in [0.1, 0.15) is 21.5 Å². The average molecular weight is 278 g/mol. The van der Waals surface area contributed by atoms with E-state index in [2.05, 4.69) is 5.32 Å². The number of carbonyl (C=O) groups excluding carboxylic acids is 1. The van der Waals surface area contributed by atoms with Gasteiger partial charge in [0.15, 0.2) is 0 Å². The Balaban J connectivity index is 2.34. The molecule has 1 N–H and O–H groups in total. The van der Waals surface area contributed by atoms with E-state index in [1.807, 2.05) is 26.0 Å². The number of hydrogen-bond donors (Lipinski definition) is 1. The summed E-state index contributed by atoms with van der Waals surface area (Å²) < 4.78 is 13.6. The van der Waals surface area contributed by atoms with Gasteiger partial charge in [0.1, 0.15) is 5.82 Å². The summed E-state index contributed by atoms with van der Waals surface area (Å²) in [7, 11) is 0. The fraction of sp³-hybridized carbons (Fsp3) is 0.133. The normalized spacial score (nSPS) is 10.3. The number of amides is 1. The van der Waals surface area contributed by atoms with Gasteiger partial charge in [-0.15, -0.1) is 0 Å². The first kappa shape index (κ1) is 13.6. The van der Waals surface area contributed by atoms with Crippen LogP contribution in [0.3, 0.4) is 0 Å². The van der Waals surface area contributed by atoms with Crippen molar-refractivity contribution in [2.24, 2.45) is 0 Å². The molecule has 1 amide bonds. The zero-order valence-electron chi connectivity index (χ0n) is 10.6. The maximum atomic E-state index is 13.6. The lowest BCUT2D eigenvalue weighted by atomic mass is 10.1. The van der Waals surface area contributed by atoms with Gasteiger partial charge in [-0.25, -0.2) is 4.39 Å². The first-order valence-corrected chi connectivity index (χ1v) is 6.20. The van der Waals surface area contributed by atoms with E-state index in [1.165, 1.54) is 18.2 Å². The van der Waals surface area contributed by atoms with Gasteiger partial charge < -0.3 is 5.32 Å². The summed E-state index contributed by atoms with van der Waals surface area (Å²) in [4.78, 5) is 12.1. The number of halogens is 2. The molecule has 2 rings (SSSR count). The first-order valence-electron chi connectivity index (χ1n) is 5.82. The number of hydrogen-bond acceptors (Lipinski definition) is 1. The number of rotatable bonds is 2. The van der Waals surface area contributed by atoms with Crippen LogP contribution in [-0.4, -0.2) is 5.91 Å². The smallest absolute Gasteiger partial charge is 0.260 e. The highest BCUT2D eigenvalue weighted by Gasteiger charge is 2.16. The molecular formula is C15H13ClFNO. The number of benzene rings is 2. The fourth-order valence-electron chi connectivity index (χ4n) is 1.79. The molecule has 0 aromatic heterocycles. The van der Waals surface area contributed by atoms with E-state index in [4.69, 9.17) is 11.6 Å². The minimum absolute atomic E-state index is 0.0998. The zero-order valence-corrected chi connectivity index (χ0v) is 11.4. The molecule has 0 saturated heterocycles. The molecule has 2 aromatic carbocycles. The van der Waals surface area contributed by atoms with Gasteiger partial charge in [-0.2, -0.15) is 0 Å². The molecule has 0 radical (unpaired) electrons. The third-order valence-corrected chi connectivity index (χ3v) is 3.36. The molecule has 19 heavy (non-hydrogen) atoms. The highest BCUT2D eigenvalue weighted by Crippen LogP contribution is 2.23. The van der Waals surface area contributed by atoms with Crippen LogP contribution < -0.4 is 5.32 Å². The standard InChI is InChI=1S/C15H13ClFNO/c1-9-5-3-8-13(10(9)2)18-15(19)14-11(16)6-4-7-12(14)17/h3-8H,1-2H3,(H,18,19). The highest BCUT2D eigenvalue weighted by molar-refractivity contribution is 6.34. The van der Waals surface area contributed by atoms with Gasteiger partial charge in [0, 0.05) is 5.69 Å². The molecule has 4 heteroatoms. The Hall–Kier alpha value is -1.87. The Bertz CT molecular complexity index is 620. The molecule has 0 aliphatic carbocycles. The molecule has 0 unspecified atom stereocenters. The molecule has 0 saturated carbocycles. The van der Waals surface area contributed by atoms with Crippen molar-refractivity contribution in [2.45, 2.75) is 13.8 Å². The second kappa shape index (κ2) is 5.41. The SMILES string of the molecule is Cc1cccc(NC(=O)c2c(F)cccc2Cl)c1C. The van der Waals surface area contributed by atoms with E-state index in [0.29, 0.717) is 5.69 Å². The predicted octanol–water partition coefficient (Wildman–Crippen LogP) is 4.35. The van der Waals surface area contributed by atoms with Crippen LogP contribution in [-0.2, 0) is 0 Å². The van der Waals surface area contributed by atoms with E-state index in [9.17, 15) is 9.18 Å². The first-order chi connectivity index (χ1) is 9.00. The summed E-state index contributed by atoms with van der Waals surface area (Å²) in [5.41, 5.74) is 2.52. The van der Waals surface area contributed by atoms with Gasteiger partial charge in [-0.3, -0.25) is 4.79 Å². The maximum Gasteiger partial charge on any atom is 0.260 e. The van der Waals surface area contributed by atoms with Crippen LogP contribution in [0, 0.1) is 19.7 Å². The quantitative estimate of drug-likeness (QED) is 0.869. The molecular weight excluding hydrogens is 265 g/mol. The van der Waals surface area contributed by atoms with Gasteiger partial charge in [0.25, 0.3) is 5.91 Å². The fourth-order valence-corrected chi connectivity index (χ4v) is 2.03. The van der Waals surface area contributed by atoms with Crippen molar-refractivity contribution in [3.8, 4) is 0 Å². The van der Waals surface area contributed by atoms with E-state index < -0.39 is 11.7 Å². The predicted molar refractivity (Wildman–Crippen MR) is 75.3 cm³/mol. The van der Waals surface area contributed by atoms with E-state index in [-0.39, 0.29) is 10.6 Å². The molecule has 0 spiro atoms. The molecule has 98 valence electrons. The van der Waals surface area contributed by atoms with Crippen molar-refractivity contribution in [3.05, 3.63) is 63.9 Å². The summed E-state index contributed by atoms with van der Waals surface area (Å²) in [6.45, 7) is 3.84. The van der Waals surface area contributed by atoms with Gasteiger partial charge in [0.05, 0.1) is 10.6 Å².